The fourth-order valence-corrected chi connectivity index (χ4v) is 1.48. The Labute approximate surface area is 105 Å². The van der Waals surface area contributed by atoms with E-state index in [1.807, 2.05) is 0 Å². The molecule has 0 aliphatic carbocycles. The van der Waals surface area contributed by atoms with Gasteiger partial charge < -0.3 is 9.52 Å². The summed E-state index contributed by atoms with van der Waals surface area (Å²) in [5, 5.41) is 8.73. The van der Waals surface area contributed by atoms with Crippen LogP contribution < -0.4 is 0 Å². The van der Waals surface area contributed by atoms with Crippen LogP contribution in [0.4, 0.5) is 13.2 Å². The maximum atomic E-state index is 13.4. The standard InChI is InChI=1S/C12H8F3NO3/c1-5-2-3-6(4-7(5)13)11-16-8(10(14)15)9(19-11)12(17)18/h2-4,10H,1H3,(H,17,18). The van der Waals surface area contributed by atoms with Crippen molar-refractivity contribution >= 4 is 5.97 Å². The number of benzene rings is 1. The molecule has 4 nitrogen and oxygen atoms in total. The van der Waals surface area contributed by atoms with E-state index in [1.165, 1.54) is 19.1 Å². The summed E-state index contributed by atoms with van der Waals surface area (Å²) >= 11 is 0. The largest absolute Gasteiger partial charge is 0.475 e. The van der Waals surface area contributed by atoms with Gasteiger partial charge in [-0.05, 0) is 24.6 Å². The summed E-state index contributed by atoms with van der Waals surface area (Å²) in [6, 6.07) is 3.87. The number of aromatic carboxylic acids is 1. The summed E-state index contributed by atoms with van der Waals surface area (Å²) in [6.45, 7) is 1.53. The fourth-order valence-electron chi connectivity index (χ4n) is 1.48. The van der Waals surface area contributed by atoms with Crippen molar-refractivity contribution in [3.63, 3.8) is 0 Å². The number of alkyl halides is 2. The van der Waals surface area contributed by atoms with Crippen molar-refractivity contribution in [3.05, 3.63) is 41.0 Å². The Morgan fingerprint density at radius 3 is 2.58 bits per heavy atom. The Bertz CT molecular complexity index is 637. The van der Waals surface area contributed by atoms with E-state index < -0.39 is 29.7 Å². The van der Waals surface area contributed by atoms with E-state index in [-0.39, 0.29) is 11.5 Å². The maximum Gasteiger partial charge on any atom is 0.374 e. The molecule has 0 amide bonds. The zero-order chi connectivity index (χ0) is 14.2. The van der Waals surface area contributed by atoms with Gasteiger partial charge in [-0.3, -0.25) is 0 Å². The van der Waals surface area contributed by atoms with Gasteiger partial charge in [0.1, 0.15) is 5.82 Å². The Morgan fingerprint density at radius 1 is 1.42 bits per heavy atom. The van der Waals surface area contributed by atoms with Gasteiger partial charge in [0.25, 0.3) is 6.43 Å². The average Bonchev–Trinajstić information content (AvgIpc) is 2.78. The quantitative estimate of drug-likeness (QED) is 0.928. The van der Waals surface area contributed by atoms with Gasteiger partial charge in [0.2, 0.25) is 11.7 Å². The van der Waals surface area contributed by atoms with Crippen LogP contribution in [0.25, 0.3) is 11.5 Å². The van der Waals surface area contributed by atoms with Gasteiger partial charge >= 0.3 is 5.97 Å². The number of carbonyl (C=O) groups is 1. The molecule has 1 aromatic carbocycles. The fraction of sp³-hybridized carbons (Fsp3) is 0.167. The number of hydrogen-bond donors (Lipinski definition) is 1. The summed E-state index contributed by atoms with van der Waals surface area (Å²) in [7, 11) is 0. The predicted molar refractivity (Wildman–Crippen MR) is 58.6 cm³/mol. The van der Waals surface area contributed by atoms with Crippen molar-refractivity contribution in [1.29, 1.82) is 0 Å². The van der Waals surface area contributed by atoms with Crippen LogP contribution in [0.3, 0.4) is 0 Å². The van der Waals surface area contributed by atoms with Crippen LogP contribution in [0, 0.1) is 12.7 Å². The third-order valence-corrected chi connectivity index (χ3v) is 2.47. The topological polar surface area (TPSA) is 63.3 Å². The van der Waals surface area contributed by atoms with Crippen LogP contribution in [0.15, 0.2) is 22.6 Å². The van der Waals surface area contributed by atoms with Crippen molar-refractivity contribution in [2.24, 2.45) is 0 Å². The van der Waals surface area contributed by atoms with Crippen molar-refractivity contribution in [2.75, 3.05) is 0 Å². The monoisotopic (exact) mass is 271 g/mol. The van der Waals surface area contributed by atoms with Gasteiger partial charge in [-0.1, -0.05) is 6.07 Å². The molecule has 2 aromatic rings. The molecule has 2 rings (SSSR count). The highest BCUT2D eigenvalue weighted by Gasteiger charge is 2.26. The highest BCUT2D eigenvalue weighted by Crippen LogP contribution is 2.29. The molecule has 0 spiro atoms. The molecule has 0 bridgehead atoms. The van der Waals surface area contributed by atoms with E-state index in [0.29, 0.717) is 5.56 Å². The molecule has 7 heteroatoms. The number of aromatic nitrogens is 1. The number of carboxylic acid groups (broad SMARTS) is 1. The highest BCUT2D eigenvalue weighted by atomic mass is 19.3. The summed E-state index contributed by atoms with van der Waals surface area (Å²) in [6.07, 6.45) is -3.08. The Morgan fingerprint density at radius 2 is 2.11 bits per heavy atom. The van der Waals surface area contributed by atoms with Gasteiger partial charge in [0.15, 0.2) is 5.69 Å². The number of carboxylic acids is 1. The molecular formula is C12H8F3NO3. The minimum Gasteiger partial charge on any atom is -0.475 e. The summed E-state index contributed by atoms with van der Waals surface area (Å²) in [4.78, 5) is 14.2. The molecule has 0 radical (unpaired) electrons. The maximum absolute atomic E-state index is 13.4. The van der Waals surface area contributed by atoms with E-state index in [4.69, 9.17) is 9.52 Å². The van der Waals surface area contributed by atoms with Gasteiger partial charge in [-0.25, -0.2) is 22.9 Å². The van der Waals surface area contributed by atoms with E-state index in [0.717, 1.165) is 6.07 Å². The Balaban J connectivity index is 2.54. The first-order chi connectivity index (χ1) is 8.90. The summed E-state index contributed by atoms with van der Waals surface area (Å²) < 4.78 is 43.3. The molecule has 0 fully saturated rings. The normalized spacial score (nSPS) is 11.0. The lowest BCUT2D eigenvalue weighted by atomic mass is 10.1. The lowest BCUT2D eigenvalue weighted by Gasteiger charge is -1.98. The molecule has 0 unspecified atom stereocenters. The summed E-state index contributed by atoms with van der Waals surface area (Å²) in [5.74, 6) is -3.51. The predicted octanol–water partition coefficient (Wildman–Crippen LogP) is 3.42. The van der Waals surface area contributed by atoms with E-state index in [2.05, 4.69) is 4.98 Å². The van der Waals surface area contributed by atoms with Crippen LogP contribution in [0.5, 0.6) is 0 Å². The number of halogens is 3. The van der Waals surface area contributed by atoms with Gasteiger partial charge in [0.05, 0.1) is 0 Å². The van der Waals surface area contributed by atoms with Crippen molar-refractivity contribution < 1.29 is 27.5 Å². The van der Waals surface area contributed by atoms with Crippen LogP contribution in [0.2, 0.25) is 0 Å². The molecule has 0 aliphatic heterocycles. The molecule has 19 heavy (non-hydrogen) atoms. The minimum absolute atomic E-state index is 0.0949. The molecule has 1 heterocycles. The van der Waals surface area contributed by atoms with Gasteiger partial charge in [0, 0.05) is 5.56 Å². The molecule has 0 atom stereocenters. The van der Waals surface area contributed by atoms with Crippen molar-refractivity contribution in [2.45, 2.75) is 13.3 Å². The third kappa shape index (κ3) is 2.44. The number of nitrogens with zero attached hydrogens (tertiary/aromatic N) is 1. The average molecular weight is 271 g/mol. The first-order valence-corrected chi connectivity index (χ1v) is 5.19. The molecule has 0 aliphatic rings. The second-order valence-electron chi connectivity index (χ2n) is 3.80. The number of aryl methyl sites for hydroxylation is 1. The molecule has 1 N–H and O–H groups in total. The van der Waals surface area contributed by atoms with Crippen LogP contribution >= 0.6 is 0 Å². The Kier molecular flexibility index (Phi) is 3.28. The molecule has 1 aromatic heterocycles. The molecule has 0 saturated heterocycles. The lowest BCUT2D eigenvalue weighted by Crippen LogP contribution is -1.99. The number of oxazole rings is 1. The molecule has 100 valence electrons. The van der Waals surface area contributed by atoms with E-state index >= 15 is 0 Å². The third-order valence-electron chi connectivity index (χ3n) is 2.47. The Hall–Kier alpha value is -2.31. The lowest BCUT2D eigenvalue weighted by molar-refractivity contribution is 0.0647. The van der Waals surface area contributed by atoms with E-state index in [9.17, 15) is 18.0 Å². The smallest absolute Gasteiger partial charge is 0.374 e. The first kappa shape index (κ1) is 13.1. The van der Waals surface area contributed by atoms with Crippen LogP contribution in [-0.2, 0) is 0 Å². The zero-order valence-corrected chi connectivity index (χ0v) is 9.65. The SMILES string of the molecule is Cc1ccc(-c2nc(C(F)F)c(C(=O)O)o2)cc1F. The molecular weight excluding hydrogens is 263 g/mol. The van der Waals surface area contributed by atoms with Gasteiger partial charge in [-0.15, -0.1) is 0 Å². The van der Waals surface area contributed by atoms with Crippen LogP contribution in [-0.4, -0.2) is 16.1 Å². The van der Waals surface area contributed by atoms with E-state index in [1.54, 1.807) is 0 Å². The molecule has 0 saturated carbocycles. The highest BCUT2D eigenvalue weighted by molar-refractivity contribution is 5.86. The van der Waals surface area contributed by atoms with Crippen LogP contribution in [0.1, 0.15) is 28.2 Å². The zero-order valence-electron chi connectivity index (χ0n) is 9.65. The second-order valence-corrected chi connectivity index (χ2v) is 3.80. The summed E-state index contributed by atoms with van der Waals surface area (Å²) in [5.41, 5.74) is -0.510. The first-order valence-electron chi connectivity index (χ1n) is 5.19. The van der Waals surface area contributed by atoms with Crippen molar-refractivity contribution in [1.82, 2.24) is 4.98 Å². The number of rotatable bonds is 3. The minimum atomic E-state index is -3.08. The van der Waals surface area contributed by atoms with Crippen molar-refractivity contribution in [3.8, 4) is 11.5 Å². The van der Waals surface area contributed by atoms with Gasteiger partial charge in [-0.2, -0.15) is 0 Å². The number of hydrogen-bond acceptors (Lipinski definition) is 3. The second kappa shape index (κ2) is 4.75.